The average molecular weight is 569 g/mol. The van der Waals surface area contributed by atoms with Gasteiger partial charge in [-0.25, -0.2) is 32.7 Å². The van der Waals surface area contributed by atoms with E-state index >= 15 is 0 Å². The van der Waals surface area contributed by atoms with Crippen molar-refractivity contribution < 1.29 is 17.5 Å². The van der Waals surface area contributed by atoms with Crippen molar-refractivity contribution in [2.45, 2.75) is 30.4 Å². The second kappa shape index (κ2) is 12.0. The molecular formula is C27H26ClFN6O3S. The molecule has 3 heterocycles. The number of halogens is 2. The van der Waals surface area contributed by atoms with Crippen LogP contribution in [0.15, 0.2) is 67.1 Å². The summed E-state index contributed by atoms with van der Waals surface area (Å²) >= 11 is 6.09. The van der Waals surface area contributed by atoms with E-state index in [1.807, 2.05) is 0 Å². The van der Waals surface area contributed by atoms with Gasteiger partial charge in [0, 0.05) is 47.8 Å². The highest BCUT2D eigenvalue weighted by Gasteiger charge is 2.20. The number of hydrogen-bond donors (Lipinski definition) is 2. The Hall–Kier alpha value is -3.67. The first-order valence-corrected chi connectivity index (χ1v) is 14.6. The fourth-order valence-corrected chi connectivity index (χ4v) is 6.07. The van der Waals surface area contributed by atoms with E-state index in [1.165, 1.54) is 24.5 Å². The van der Waals surface area contributed by atoms with Crippen LogP contribution in [0.4, 0.5) is 10.3 Å². The van der Waals surface area contributed by atoms with Gasteiger partial charge in [0.2, 0.25) is 11.8 Å². The van der Waals surface area contributed by atoms with Gasteiger partial charge in [0.05, 0.1) is 17.2 Å². The number of anilines is 1. The van der Waals surface area contributed by atoms with Crippen LogP contribution in [-0.4, -0.2) is 47.5 Å². The number of piperidine rings is 1. The molecule has 4 aromatic rings. The van der Waals surface area contributed by atoms with E-state index in [0.717, 1.165) is 32.0 Å². The lowest BCUT2D eigenvalue weighted by Gasteiger charge is -2.23. The van der Waals surface area contributed by atoms with Crippen LogP contribution in [0.1, 0.15) is 24.0 Å². The van der Waals surface area contributed by atoms with Crippen LogP contribution in [0.25, 0.3) is 11.4 Å². The molecule has 5 rings (SSSR count). The van der Waals surface area contributed by atoms with Gasteiger partial charge in [0.1, 0.15) is 11.6 Å². The molecule has 0 amide bonds. The van der Waals surface area contributed by atoms with Crippen molar-refractivity contribution in [2.24, 2.45) is 0 Å². The van der Waals surface area contributed by atoms with E-state index in [1.54, 1.807) is 36.5 Å². The Labute approximate surface area is 230 Å². The van der Waals surface area contributed by atoms with Crippen LogP contribution in [0.5, 0.6) is 11.6 Å². The summed E-state index contributed by atoms with van der Waals surface area (Å²) in [6.07, 6.45) is 6.68. The minimum atomic E-state index is -3.67. The smallest absolute Gasteiger partial charge is 0.247 e. The van der Waals surface area contributed by atoms with Crippen LogP contribution >= 0.6 is 11.6 Å². The Balaban J connectivity index is 1.31. The van der Waals surface area contributed by atoms with Crippen LogP contribution in [-0.2, 0) is 21.3 Å². The summed E-state index contributed by atoms with van der Waals surface area (Å²) in [6.45, 7) is 1.83. The zero-order valence-corrected chi connectivity index (χ0v) is 22.4. The van der Waals surface area contributed by atoms with Crippen molar-refractivity contribution in [1.29, 1.82) is 0 Å². The molecule has 0 unspecified atom stereocenters. The maximum absolute atomic E-state index is 15.0. The third-order valence-electron chi connectivity index (χ3n) is 6.14. The minimum Gasteiger partial charge on any atom is -0.437 e. The minimum absolute atomic E-state index is 0.0255. The van der Waals surface area contributed by atoms with Gasteiger partial charge in [-0.3, -0.25) is 0 Å². The predicted molar refractivity (Wildman–Crippen MR) is 147 cm³/mol. The topological polar surface area (TPSA) is 119 Å². The third kappa shape index (κ3) is 7.05. The van der Waals surface area contributed by atoms with E-state index in [9.17, 15) is 12.8 Å². The fourth-order valence-electron chi connectivity index (χ4n) is 4.25. The Morgan fingerprint density at radius 1 is 1.03 bits per heavy atom. The molecule has 1 saturated heterocycles. The summed E-state index contributed by atoms with van der Waals surface area (Å²) in [6, 6.07) is 12.6. The number of sulfone groups is 1. The Bertz CT molecular complexity index is 1570. The maximum Gasteiger partial charge on any atom is 0.247 e. The number of rotatable bonds is 9. The van der Waals surface area contributed by atoms with Gasteiger partial charge in [-0.05, 0) is 43.1 Å². The molecule has 9 nitrogen and oxygen atoms in total. The van der Waals surface area contributed by atoms with Crippen molar-refractivity contribution in [1.82, 2.24) is 25.3 Å². The summed E-state index contributed by atoms with van der Waals surface area (Å²) in [4.78, 5) is 17.5. The molecule has 0 aliphatic carbocycles. The normalized spacial score (nSPS) is 15.6. The lowest BCUT2D eigenvalue weighted by molar-refractivity contribution is 0.456. The SMILES string of the molecule is O=S(=O)(Cc1ccc(Oc2nccnc2-c2ccnc(N[C@H]3CCCNC3)n2)cc1F)Cc1ccccc1Cl. The van der Waals surface area contributed by atoms with Gasteiger partial charge >= 0.3 is 0 Å². The molecule has 0 radical (unpaired) electrons. The number of aromatic nitrogens is 4. The number of ether oxygens (including phenoxy) is 1. The average Bonchev–Trinajstić information content (AvgIpc) is 2.92. The molecule has 0 spiro atoms. The first-order valence-electron chi connectivity index (χ1n) is 12.4. The quantitative estimate of drug-likeness (QED) is 0.293. The van der Waals surface area contributed by atoms with Crippen molar-refractivity contribution in [3.8, 4) is 23.0 Å². The van der Waals surface area contributed by atoms with Gasteiger partial charge in [-0.2, -0.15) is 0 Å². The van der Waals surface area contributed by atoms with E-state index in [-0.39, 0.29) is 29.0 Å². The van der Waals surface area contributed by atoms with Crippen molar-refractivity contribution in [2.75, 3.05) is 18.4 Å². The first-order chi connectivity index (χ1) is 18.9. The van der Waals surface area contributed by atoms with E-state index in [2.05, 4.69) is 30.6 Å². The van der Waals surface area contributed by atoms with E-state index < -0.39 is 21.4 Å². The van der Waals surface area contributed by atoms with Gasteiger partial charge < -0.3 is 15.4 Å². The Kier molecular flexibility index (Phi) is 8.30. The number of nitrogens with zero attached hydrogens (tertiary/aromatic N) is 4. The Morgan fingerprint density at radius 3 is 2.64 bits per heavy atom. The highest BCUT2D eigenvalue weighted by atomic mass is 35.5. The predicted octanol–water partition coefficient (Wildman–Crippen LogP) is 4.80. The molecule has 39 heavy (non-hydrogen) atoms. The largest absolute Gasteiger partial charge is 0.437 e. The molecular weight excluding hydrogens is 543 g/mol. The molecule has 202 valence electrons. The molecule has 1 aliphatic rings. The summed E-state index contributed by atoms with van der Waals surface area (Å²) in [5, 5.41) is 7.02. The van der Waals surface area contributed by atoms with Crippen LogP contribution in [0.2, 0.25) is 5.02 Å². The maximum atomic E-state index is 15.0. The summed E-state index contributed by atoms with van der Waals surface area (Å²) in [5.74, 6) is -0.752. The highest BCUT2D eigenvalue weighted by molar-refractivity contribution is 7.89. The molecule has 2 aromatic heterocycles. The Morgan fingerprint density at radius 2 is 1.85 bits per heavy atom. The molecule has 1 fully saturated rings. The third-order valence-corrected chi connectivity index (χ3v) is 8.01. The van der Waals surface area contributed by atoms with Crippen molar-refractivity contribution >= 4 is 27.4 Å². The number of hydrogen-bond acceptors (Lipinski definition) is 9. The molecule has 1 aliphatic heterocycles. The lowest BCUT2D eigenvalue weighted by atomic mass is 10.1. The zero-order chi connectivity index (χ0) is 27.2. The summed E-state index contributed by atoms with van der Waals surface area (Å²) in [5.41, 5.74) is 1.34. The summed E-state index contributed by atoms with van der Waals surface area (Å²) in [7, 11) is -3.67. The van der Waals surface area contributed by atoms with Crippen molar-refractivity contribution in [3.63, 3.8) is 0 Å². The van der Waals surface area contributed by atoms with Crippen molar-refractivity contribution in [3.05, 3.63) is 89.1 Å². The van der Waals surface area contributed by atoms with E-state index in [0.29, 0.717) is 27.9 Å². The van der Waals surface area contributed by atoms with Crippen LogP contribution in [0, 0.1) is 5.82 Å². The van der Waals surface area contributed by atoms with Crippen LogP contribution < -0.4 is 15.4 Å². The standard InChI is InChI=1S/C27H26ClFN6O3S/c28-22-6-2-1-4-18(22)16-39(36,37)17-19-7-8-21(14-23(19)29)38-26-25(31-12-13-32-26)24-9-11-33-27(35-24)34-20-5-3-10-30-15-20/h1-2,4,6-9,11-14,20,30H,3,5,10,15-17H2,(H,33,34,35)/t20-/m0/s1. The van der Waals surface area contributed by atoms with Gasteiger partial charge in [0.25, 0.3) is 0 Å². The lowest BCUT2D eigenvalue weighted by Crippen LogP contribution is -2.38. The van der Waals surface area contributed by atoms with Crippen LogP contribution in [0.3, 0.4) is 0 Å². The number of nitrogens with one attached hydrogen (secondary N) is 2. The molecule has 12 heteroatoms. The van der Waals surface area contributed by atoms with Gasteiger partial charge in [-0.1, -0.05) is 35.9 Å². The van der Waals surface area contributed by atoms with Gasteiger partial charge in [-0.15, -0.1) is 0 Å². The molecule has 0 saturated carbocycles. The second-order valence-electron chi connectivity index (χ2n) is 9.14. The first kappa shape index (κ1) is 26.9. The number of benzene rings is 2. The molecule has 0 bridgehead atoms. The summed E-state index contributed by atoms with van der Waals surface area (Å²) < 4.78 is 46.2. The van der Waals surface area contributed by atoms with Gasteiger partial charge in [0.15, 0.2) is 15.5 Å². The fraction of sp³-hybridized carbons (Fsp3) is 0.259. The molecule has 2 aromatic carbocycles. The molecule has 1 atom stereocenters. The van der Waals surface area contributed by atoms with E-state index in [4.69, 9.17) is 16.3 Å². The zero-order valence-electron chi connectivity index (χ0n) is 20.8. The highest BCUT2D eigenvalue weighted by Crippen LogP contribution is 2.30. The second-order valence-corrected chi connectivity index (χ2v) is 11.6. The molecule has 2 N–H and O–H groups in total. The monoisotopic (exact) mass is 568 g/mol.